The highest BCUT2D eigenvalue weighted by Crippen LogP contribution is 2.51. The second kappa shape index (κ2) is 5.34. The van der Waals surface area contributed by atoms with E-state index in [9.17, 15) is 0 Å². The second-order valence-corrected chi connectivity index (χ2v) is 6.35. The lowest BCUT2D eigenvalue weighted by atomic mass is 10.1. The maximum absolute atomic E-state index is 6.12. The van der Waals surface area contributed by atoms with E-state index in [0.29, 0.717) is 5.02 Å². The minimum atomic E-state index is 0.660. The van der Waals surface area contributed by atoms with Crippen LogP contribution in [0.15, 0.2) is 71.2 Å². The molecule has 0 bridgehead atoms. The molecule has 0 N–H and O–H groups in total. The van der Waals surface area contributed by atoms with Gasteiger partial charge in [0.2, 0.25) is 0 Å². The van der Waals surface area contributed by atoms with Crippen molar-refractivity contribution in [1.29, 1.82) is 0 Å². The molecule has 0 saturated carbocycles. The largest absolute Gasteiger partial charge is 0.453 e. The van der Waals surface area contributed by atoms with Crippen LogP contribution in [0.2, 0.25) is 5.02 Å². The fourth-order valence-electron chi connectivity index (χ4n) is 2.61. The van der Waals surface area contributed by atoms with Gasteiger partial charge in [-0.3, -0.25) is 0 Å². The molecule has 1 aliphatic heterocycles. The molecule has 2 nitrogen and oxygen atoms in total. The molecule has 0 fully saturated rings. The van der Waals surface area contributed by atoms with Gasteiger partial charge in [-0.15, -0.1) is 0 Å². The molecule has 1 aliphatic rings. The molecule has 0 unspecified atom stereocenters. The highest BCUT2D eigenvalue weighted by Gasteiger charge is 2.26. The Kier molecular flexibility index (Phi) is 3.32. The van der Waals surface area contributed by atoms with E-state index in [1.54, 1.807) is 0 Å². The number of ether oxygens (including phenoxy) is 1. The Morgan fingerprint density at radius 2 is 1.64 bits per heavy atom. The summed E-state index contributed by atoms with van der Waals surface area (Å²) in [6, 6.07) is 21.9. The Hall–Kier alpha value is -1.97. The van der Waals surface area contributed by atoms with Crippen LogP contribution in [0.5, 0.6) is 11.5 Å². The molecule has 22 heavy (non-hydrogen) atoms. The van der Waals surface area contributed by atoms with E-state index in [1.165, 1.54) is 0 Å². The lowest BCUT2D eigenvalue weighted by Crippen LogP contribution is -2.15. The summed E-state index contributed by atoms with van der Waals surface area (Å²) in [6.07, 6.45) is 0. The summed E-state index contributed by atoms with van der Waals surface area (Å²) in [6.45, 7) is 0. The van der Waals surface area contributed by atoms with Crippen molar-refractivity contribution < 1.29 is 4.74 Å². The van der Waals surface area contributed by atoms with Gasteiger partial charge in [0.05, 0.1) is 11.4 Å². The topological polar surface area (TPSA) is 12.5 Å². The number of benzene rings is 3. The number of nitrogens with zero attached hydrogens (tertiary/aromatic N) is 1. The lowest BCUT2D eigenvalue weighted by Gasteiger charge is -2.33. The molecule has 1 heterocycles. The maximum atomic E-state index is 6.12. The van der Waals surface area contributed by atoms with Crippen molar-refractivity contribution in [3.8, 4) is 11.5 Å². The Balaban J connectivity index is 1.98. The van der Waals surface area contributed by atoms with Crippen molar-refractivity contribution in [2.45, 2.75) is 0 Å². The fraction of sp³-hybridized carbons (Fsp3) is 0. The molecule has 0 radical (unpaired) electrons. The van der Waals surface area contributed by atoms with Crippen molar-refractivity contribution in [3.05, 3.63) is 76.2 Å². The van der Waals surface area contributed by atoms with Gasteiger partial charge >= 0.3 is 0 Å². The highest BCUT2D eigenvalue weighted by atomic mass is 79.9. The van der Waals surface area contributed by atoms with Crippen LogP contribution in [0, 0.1) is 0 Å². The summed E-state index contributed by atoms with van der Waals surface area (Å²) < 4.78 is 7.03. The van der Waals surface area contributed by atoms with Gasteiger partial charge in [0, 0.05) is 21.2 Å². The van der Waals surface area contributed by atoms with E-state index >= 15 is 0 Å². The number of halogens is 2. The van der Waals surface area contributed by atoms with Gasteiger partial charge in [0.1, 0.15) is 0 Å². The van der Waals surface area contributed by atoms with Crippen LogP contribution in [0.1, 0.15) is 0 Å². The second-order valence-electron chi connectivity index (χ2n) is 5.00. The third-order valence-electron chi connectivity index (χ3n) is 3.56. The van der Waals surface area contributed by atoms with Gasteiger partial charge in [-0.2, -0.15) is 0 Å². The minimum Gasteiger partial charge on any atom is -0.453 e. The van der Waals surface area contributed by atoms with Crippen molar-refractivity contribution in [1.82, 2.24) is 0 Å². The van der Waals surface area contributed by atoms with Crippen LogP contribution in [0.25, 0.3) is 0 Å². The van der Waals surface area contributed by atoms with Gasteiger partial charge in [-0.1, -0.05) is 45.7 Å². The third-order valence-corrected chi connectivity index (χ3v) is 4.29. The zero-order valence-electron chi connectivity index (χ0n) is 11.5. The molecular formula is C18H11BrClNO. The molecule has 0 atom stereocenters. The Labute approximate surface area is 142 Å². The molecular weight excluding hydrogens is 362 g/mol. The zero-order valence-corrected chi connectivity index (χ0v) is 13.8. The summed E-state index contributed by atoms with van der Waals surface area (Å²) in [4.78, 5) is 2.18. The van der Waals surface area contributed by atoms with E-state index in [4.69, 9.17) is 16.3 Å². The molecule has 3 aromatic rings. The Morgan fingerprint density at radius 3 is 2.45 bits per heavy atom. The van der Waals surface area contributed by atoms with Crippen LogP contribution in [-0.2, 0) is 0 Å². The highest BCUT2D eigenvalue weighted by molar-refractivity contribution is 9.10. The average molecular weight is 373 g/mol. The molecule has 4 heteroatoms. The van der Waals surface area contributed by atoms with Gasteiger partial charge in [0.25, 0.3) is 0 Å². The minimum absolute atomic E-state index is 0.660. The van der Waals surface area contributed by atoms with E-state index in [2.05, 4.69) is 39.0 Å². The molecule has 0 amide bonds. The standard InChI is InChI=1S/C18H11BrClNO/c19-12-6-9-17-16(10-12)21(14-4-2-1-3-5-14)15-8-7-13(20)11-18(15)22-17/h1-11H. The zero-order chi connectivity index (χ0) is 15.1. The summed E-state index contributed by atoms with van der Waals surface area (Å²) in [7, 11) is 0. The molecule has 0 spiro atoms. The number of hydrogen-bond acceptors (Lipinski definition) is 2. The SMILES string of the molecule is Clc1ccc2c(c1)Oc1ccc(Br)cc1N2c1ccccc1. The van der Waals surface area contributed by atoms with Gasteiger partial charge in [-0.05, 0) is 42.5 Å². The van der Waals surface area contributed by atoms with Crippen LogP contribution in [-0.4, -0.2) is 0 Å². The van der Waals surface area contributed by atoms with Crippen LogP contribution in [0.4, 0.5) is 17.1 Å². The van der Waals surface area contributed by atoms with Crippen molar-refractivity contribution in [3.63, 3.8) is 0 Å². The maximum Gasteiger partial charge on any atom is 0.153 e. The van der Waals surface area contributed by atoms with E-state index in [0.717, 1.165) is 33.0 Å². The average Bonchev–Trinajstić information content (AvgIpc) is 2.53. The lowest BCUT2D eigenvalue weighted by molar-refractivity contribution is 0.477. The quantitative estimate of drug-likeness (QED) is 0.369. The monoisotopic (exact) mass is 371 g/mol. The molecule has 0 aromatic heterocycles. The van der Waals surface area contributed by atoms with Crippen molar-refractivity contribution in [2.75, 3.05) is 4.90 Å². The molecule has 3 aromatic carbocycles. The van der Waals surface area contributed by atoms with E-state index in [-0.39, 0.29) is 0 Å². The summed E-state index contributed by atoms with van der Waals surface area (Å²) in [5.74, 6) is 1.56. The van der Waals surface area contributed by atoms with Crippen molar-refractivity contribution >= 4 is 44.6 Å². The number of hydrogen-bond donors (Lipinski definition) is 0. The number of para-hydroxylation sites is 1. The summed E-state index contributed by atoms with van der Waals surface area (Å²) >= 11 is 9.66. The van der Waals surface area contributed by atoms with E-state index < -0.39 is 0 Å². The first kappa shape index (κ1) is 13.7. The van der Waals surface area contributed by atoms with Gasteiger partial charge in [-0.25, -0.2) is 0 Å². The van der Waals surface area contributed by atoms with Gasteiger partial charge < -0.3 is 9.64 Å². The molecule has 4 rings (SSSR count). The normalized spacial score (nSPS) is 12.4. The number of fused-ring (bicyclic) bond motifs is 2. The summed E-state index contributed by atoms with van der Waals surface area (Å²) in [5.41, 5.74) is 3.05. The Bertz CT molecular complexity index is 851. The van der Waals surface area contributed by atoms with Crippen LogP contribution >= 0.6 is 27.5 Å². The smallest absolute Gasteiger partial charge is 0.153 e. The van der Waals surface area contributed by atoms with E-state index in [1.807, 2.05) is 48.5 Å². The fourth-order valence-corrected chi connectivity index (χ4v) is 3.12. The van der Waals surface area contributed by atoms with Crippen molar-refractivity contribution in [2.24, 2.45) is 0 Å². The van der Waals surface area contributed by atoms with Gasteiger partial charge in [0.15, 0.2) is 11.5 Å². The van der Waals surface area contributed by atoms with Crippen LogP contribution in [0.3, 0.4) is 0 Å². The first-order valence-electron chi connectivity index (χ1n) is 6.84. The molecule has 0 saturated heterocycles. The predicted octanol–water partition coefficient (Wildman–Crippen LogP) is 6.68. The molecule has 108 valence electrons. The van der Waals surface area contributed by atoms with Crippen LogP contribution < -0.4 is 9.64 Å². The molecule has 0 aliphatic carbocycles. The number of anilines is 3. The predicted molar refractivity (Wildman–Crippen MR) is 93.9 cm³/mol. The first-order valence-corrected chi connectivity index (χ1v) is 8.01. The number of rotatable bonds is 1. The first-order chi connectivity index (χ1) is 10.7. The summed E-state index contributed by atoms with van der Waals surface area (Å²) in [5, 5.41) is 0.660. The third kappa shape index (κ3) is 2.27. The Morgan fingerprint density at radius 1 is 0.818 bits per heavy atom.